The quantitative estimate of drug-likeness (QED) is 0.699. The van der Waals surface area contributed by atoms with Crippen LogP contribution in [0.5, 0.6) is 11.5 Å². The van der Waals surface area contributed by atoms with Gasteiger partial charge in [-0.3, -0.25) is 4.79 Å². The van der Waals surface area contributed by atoms with E-state index in [-0.39, 0.29) is 11.9 Å². The smallest absolute Gasteiger partial charge is 0.251 e. The SMILES string of the molecule is CCS[C@H]1CC[C@H](NC(=O)c2cc(Cl)c(OCC(C)C)c(OC)c2)C1. The van der Waals surface area contributed by atoms with Gasteiger partial charge in [0.1, 0.15) is 0 Å². The van der Waals surface area contributed by atoms with E-state index in [1.54, 1.807) is 19.2 Å². The number of amides is 1. The van der Waals surface area contributed by atoms with Crippen molar-refractivity contribution < 1.29 is 14.3 Å². The zero-order valence-electron chi connectivity index (χ0n) is 15.4. The van der Waals surface area contributed by atoms with E-state index in [9.17, 15) is 4.79 Å². The van der Waals surface area contributed by atoms with Crippen LogP contribution in [0.25, 0.3) is 0 Å². The first kappa shape index (κ1) is 20.2. The maximum Gasteiger partial charge on any atom is 0.251 e. The lowest BCUT2D eigenvalue weighted by molar-refractivity contribution is 0.0937. The van der Waals surface area contributed by atoms with Crippen molar-refractivity contribution in [1.82, 2.24) is 5.32 Å². The molecule has 6 heteroatoms. The monoisotopic (exact) mass is 385 g/mol. The molecule has 0 bridgehead atoms. The second-order valence-corrected chi connectivity index (χ2v) is 8.74. The van der Waals surface area contributed by atoms with Gasteiger partial charge in [-0.2, -0.15) is 11.8 Å². The molecule has 2 rings (SSSR count). The molecule has 1 aromatic carbocycles. The van der Waals surface area contributed by atoms with E-state index >= 15 is 0 Å². The van der Waals surface area contributed by atoms with Crippen LogP contribution in [-0.4, -0.2) is 36.7 Å². The summed E-state index contributed by atoms with van der Waals surface area (Å²) in [7, 11) is 1.55. The van der Waals surface area contributed by atoms with Gasteiger partial charge in [0.05, 0.1) is 18.7 Å². The number of rotatable bonds is 8. The number of methoxy groups -OCH3 is 1. The van der Waals surface area contributed by atoms with E-state index in [4.69, 9.17) is 21.1 Å². The van der Waals surface area contributed by atoms with Gasteiger partial charge in [-0.25, -0.2) is 0 Å². The molecule has 1 aliphatic rings. The summed E-state index contributed by atoms with van der Waals surface area (Å²) < 4.78 is 11.1. The van der Waals surface area contributed by atoms with E-state index < -0.39 is 0 Å². The highest BCUT2D eigenvalue weighted by molar-refractivity contribution is 7.99. The highest BCUT2D eigenvalue weighted by Crippen LogP contribution is 2.37. The van der Waals surface area contributed by atoms with Gasteiger partial charge in [-0.15, -0.1) is 0 Å². The molecule has 0 heterocycles. The number of carbonyl (C=O) groups is 1. The van der Waals surface area contributed by atoms with Crippen LogP contribution in [0.15, 0.2) is 12.1 Å². The van der Waals surface area contributed by atoms with E-state index in [0.717, 1.165) is 25.0 Å². The van der Waals surface area contributed by atoms with Crippen molar-refractivity contribution in [3.05, 3.63) is 22.7 Å². The molecule has 0 radical (unpaired) electrons. The molecular formula is C19H28ClNO3S. The van der Waals surface area contributed by atoms with Crippen molar-refractivity contribution in [3.8, 4) is 11.5 Å². The number of hydrogen-bond acceptors (Lipinski definition) is 4. The van der Waals surface area contributed by atoms with Gasteiger partial charge < -0.3 is 14.8 Å². The van der Waals surface area contributed by atoms with Crippen molar-refractivity contribution in [2.75, 3.05) is 19.5 Å². The molecular weight excluding hydrogens is 358 g/mol. The third kappa shape index (κ3) is 5.71. The van der Waals surface area contributed by atoms with E-state index in [1.165, 1.54) is 0 Å². The van der Waals surface area contributed by atoms with Crippen LogP contribution in [0, 0.1) is 5.92 Å². The Labute approximate surface area is 160 Å². The lowest BCUT2D eigenvalue weighted by Gasteiger charge is -2.17. The summed E-state index contributed by atoms with van der Waals surface area (Å²) in [5, 5.41) is 4.18. The van der Waals surface area contributed by atoms with Gasteiger partial charge in [0.25, 0.3) is 5.91 Å². The number of nitrogens with one attached hydrogen (secondary N) is 1. The Balaban J connectivity index is 2.06. The van der Waals surface area contributed by atoms with Crippen LogP contribution in [0.4, 0.5) is 0 Å². The van der Waals surface area contributed by atoms with Crippen LogP contribution < -0.4 is 14.8 Å². The number of benzene rings is 1. The average molecular weight is 386 g/mol. The first-order chi connectivity index (χ1) is 11.9. The second-order valence-electron chi connectivity index (χ2n) is 6.76. The van der Waals surface area contributed by atoms with Crippen molar-refractivity contribution in [2.24, 2.45) is 5.92 Å². The molecule has 1 N–H and O–H groups in total. The fourth-order valence-corrected chi connectivity index (χ4v) is 4.38. The predicted molar refractivity (Wildman–Crippen MR) is 105 cm³/mol. The molecule has 0 aromatic heterocycles. The van der Waals surface area contributed by atoms with Crippen molar-refractivity contribution in [3.63, 3.8) is 0 Å². The summed E-state index contributed by atoms with van der Waals surface area (Å²) in [6.45, 7) is 6.84. The fraction of sp³-hybridized carbons (Fsp3) is 0.632. The largest absolute Gasteiger partial charge is 0.493 e. The Bertz CT molecular complexity index is 594. The highest BCUT2D eigenvalue weighted by Gasteiger charge is 2.26. The van der Waals surface area contributed by atoms with Crippen molar-refractivity contribution in [2.45, 2.75) is 51.3 Å². The molecule has 4 nitrogen and oxygen atoms in total. The normalized spacial score (nSPS) is 19.9. The minimum atomic E-state index is -0.109. The zero-order valence-corrected chi connectivity index (χ0v) is 17.0. The Hall–Kier alpha value is -1.07. The molecule has 1 aromatic rings. The first-order valence-electron chi connectivity index (χ1n) is 8.87. The Morgan fingerprint density at radius 2 is 2.16 bits per heavy atom. The summed E-state index contributed by atoms with van der Waals surface area (Å²) in [4.78, 5) is 12.6. The molecule has 0 saturated heterocycles. The summed E-state index contributed by atoms with van der Waals surface area (Å²) in [5.41, 5.74) is 0.505. The topological polar surface area (TPSA) is 47.6 Å². The molecule has 1 amide bonds. The van der Waals surface area contributed by atoms with Gasteiger partial charge in [0.15, 0.2) is 11.5 Å². The van der Waals surface area contributed by atoms with Gasteiger partial charge in [0, 0.05) is 16.9 Å². The average Bonchev–Trinajstić information content (AvgIpc) is 3.00. The molecule has 140 valence electrons. The third-order valence-corrected chi connectivity index (χ3v) is 5.69. The third-order valence-electron chi connectivity index (χ3n) is 4.17. The summed E-state index contributed by atoms with van der Waals surface area (Å²) in [6, 6.07) is 3.59. The molecule has 1 fully saturated rings. The van der Waals surface area contributed by atoms with Crippen molar-refractivity contribution in [1.29, 1.82) is 0 Å². The first-order valence-corrected chi connectivity index (χ1v) is 10.3. The summed E-state index contributed by atoms with van der Waals surface area (Å²) in [6.07, 6.45) is 3.23. The van der Waals surface area contributed by atoms with Gasteiger partial charge in [0.2, 0.25) is 0 Å². The Morgan fingerprint density at radius 3 is 2.80 bits per heavy atom. The molecule has 0 aliphatic heterocycles. The molecule has 1 aliphatic carbocycles. The number of hydrogen-bond donors (Lipinski definition) is 1. The van der Waals surface area contributed by atoms with Crippen LogP contribution in [0.3, 0.4) is 0 Å². The number of thioether (sulfide) groups is 1. The molecule has 0 spiro atoms. The van der Waals surface area contributed by atoms with Gasteiger partial charge in [-0.05, 0) is 43.1 Å². The lowest BCUT2D eigenvalue weighted by Crippen LogP contribution is -2.33. The Kier molecular flexibility index (Phi) is 7.76. The van der Waals surface area contributed by atoms with Crippen LogP contribution >= 0.6 is 23.4 Å². The molecule has 0 unspecified atom stereocenters. The molecule has 1 saturated carbocycles. The highest BCUT2D eigenvalue weighted by atomic mass is 35.5. The van der Waals surface area contributed by atoms with Gasteiger partial charge in [-0.1, -0.05) is 32.4 Å². The van der Waals surface area contributed by atoms with E-state index in [2.05, 4.69) is 26.1 Å². The Morgan fingerprint density at radius 1 is 1.40 bits per heavy atom. The number of halogens is 1. The van der Waals surface area contributed by atoms with Crippen LogP contribution in [0.1, 0.15) is 50.4 Å². The van der Waals surface area contributed by atoms with Gasteiger partial charge >= 0.3 is 0 Å². The number of ether oxygens (including phenoxy) is 2. The van der Waals surface area contributed by atoms with Crippen LogP contribution in [-0.2, 0) is 0 Å². The maximum atomic E-state index is 12.6. The maximum absolute atomic E-state index is 12.6. The van der Waals surface area contributed by atoms with E-state index in [1.807, 2.05) is 11.8 Å². The predicted octanol–water partition coefficient (Wildman–Crippen LogP) is 4.79. The minimum Gasteiger partial charge on any atom is -0.493 e. The minimum absolute atomic E-state index is 0.109. The lowest BCUT2D eigenvalue weighted by atomic mass is 10.1. The zero-order chi connectivity index (χ0) is 18.4. The fourth-order valence-electron chi connectivity index (χ4n) is 2.97. The number of carbonyl (C=O) groups excluding carboxylic acids is 1. The summed E-state index contributed by atoms with van der Waals surface area (Å²) >= 11 is 8.31. The molecule has 2 atom stereocenters. The molecule has 25 heavy (non-hydrogen) atoms. The van der Waals surface area contributed by atoms with Crippen molar-refractivity contribution >= 4 is 29.3 Å². The second kappa shape index (κ2) is 9.58. The standard InChI is InChI=1S/C19H28ClNO3S/c1-5-25-15-7-6-14(10-15)21-19(22)13-8-16(20)18(17(9-13)23-4)24-11-12(2)3/h8-9,12,14-15H,5-7,10-11H2,1-4H3,(H,21,22)/t14-,15-/m0/s1. The summed E-state index contributed by atoms with van der Waals surface area (Å²) in [5.74, 6) is 2.37. The van der Waals surface area contributed by atoms with Crippen LogP contribution in [0.2, 0.25) is 5.02 Å². The van der Waals surface area contributed by atoms with E-state index in [0.29, 0.717) is 39.9 Å².